The number of carbonyl (C=O) groups is 1. The number of pyridine rings is 1. The summed E-state index contributed by atoms with van der Waals surface area (Å²) in [6, 6.07) is 10.5. The van der Waals surface area contributed by atoms with E-state index >= 15 is 0 Å². The molecule has 0 unspecified atom stereocenters. The first-order valence-electron chi connectivity index (χ1n) is 7.26. The van der Waals surface area contributed by atoms with Crippen LogP contribution in [0.1, 0.15) is 35.8 Å². The molecule has 0 amide bonds. The van der Waals surface area contributed by atoms with Crippen LogP contribution in [-0.4, -0.2) is 26.0 Å². The van der Waals surface area contributed by atoms with Crippen molar-refractivity contribution >= 4 is 28.5 Å². The van der Waals surface area contributed by atoms with E-state index in [1.807, 2.05) is 12.1 Å². The Morgan fingerprint density at radius 3 is 2.74 bits per heavy atom. The van der Waals surface area contributed by atoms with Gasteiger partial charge in [-0.2, -0.15) is 0 Å². The second-order valence-corrected chi connectivity index (χ2v) is 5.50. The Hall–Kier alpha value is -3.02. The summed E-state index contributed by atoms with van der Waals surface area (Å²) in [6.45, 7) is 4.15. The first-order chi connectivity index (χ1) is 11.0. The quantitative estimate of drug-likeness (QED) is 0.765. The number of hydrogen-bond donors (Lipinski definition) is 2. The Morgan fingerprint density at radius 2 is 2.00 bits per heavy atom. The van der Waals surface area contributed by atoms with E-state index in [4.69, 9.17) is 5.11 Å². The Kier molecular flexibility index (Phi) is 3.89. The zero-order valence-corrected chi connectivity index (χ0v) is 12.8. The second kappa shape index (κ2) is 6.00. The van der Waals surface area contributed by atoms with Gasteiger partial charge in [0, 0.05) is 11.4 Å². The summed E-state index contributed by atoms with van der Waals surface area (Å²) in [4.78, 5) is 24.1. The van der Waals surface area contributed by atoms with Gasteiger partial charge in [0.2, 0.25) is 0 Å². The van der Waals surface area contributed by atoms with Gasteiger partial charge in [-0.25, -0.2) is 19.7 Å². The second-order valence-electron chi connectivity index (χ2n) is 5.50. The van der Waals surface area contributed by atoms with Crippen molar-refractivity contribution < 1.29 is 9.90 Å². The molecule has 2 heterocycles. The zero-order valence-electron chi connectivity index (χ0n) is 12.8. The molecule has 0 aliphatic heterocycles. The van der Waals surface area contributed by atoms with Crippen molar-refractivity contribution in [3.05, 3.63) is 54.0 Å². The average molecular weight is 308 g/mol. The highest BCUT2D eigenvalue weighted by Crippen LogP contribution is 2.24. The standard InChI is InChI=1S/C17H16N4O2/c1-10(2)14-7-6-13-15(18-9-19-16(13)21-14)20-12-5-3-4-11(8-12)17(22)23/h3-10H,1-2H3,(H,22,23)(H,18,19,20,21). The van der Waals surface area contributed by atoms with Crippen LogP contribution >= 0.6 is 0 Å². The van der Waals surface area contributed by atoms with Crippen molar-refractivity contribution in [3.8, 4) is 0 Å². The fourth-order valence-electron chi connectivity index (χ4n) is 2.24. The van der Waals surface area contributed by atoms with Crippen LogP contribution in [0, 0.1) is 0 Å². The van der Waals surface area contributed by atoms with Crippen LogP contribution in [0.25, 0.3) is 11.0 Å². The number of anilines is 2. The molecule has 3 aromatic rings. The van der Waals surface area contributed by atoms with Crippen molar-refractivity contribution in [3.63, 3.8) is 0 Å². The maximum absolute atomic E-state index is 11.1. The lowest BCUT2D eigenvalue weighted by Gasteiger charge is -2.10. The normalized spacial score (nSPS) is 10.9. The van der Waals surface area contributed by atoms with Crippen LogP contribution in [0.4, 0.5) is 11.5 Å². The van der Waals surface area contributed by atoms with Gasteiger partial charge in [0.05, 0.1) is 10.9 Å². The Morgan fingerprint density at radius 1 is 1.17 bits per heavy atom. The number of benzene rings is 1. The van der Waals surface area contributed by atoms with Gasteiger partial charge >= 0.3 is 5.97 Å². The van der Waals surface area contributed by atoms with Crippen LogP contribution in [0.15, 0.2) is 42.7 Å². The molecule has 2 aromatic heterocycles. The minimum Gasteiger partial charge on any atom is -0.478 e. The number of carboxylic acid groups (broad SMARTS) is 1. The van der Waals surface area contributed by atoms with E-state index in [0.29, 0.717) is 23.1 Å². The SMILES string of the molecule is CC(C)c1ccc2c(Nc3cccc(C(=O)O)c3)ncnc2n1. The number of aromatic nitrogens is 3. The topological polar surface area (TPSA) is 88.0 Å². The van der Waals surface area contributed by atoms with Crippen molar-refractivity contribution in [2.24, 2.45) is 0 Å². The van der Waals surface area contributed by atoms with Crippen LogP contribution < -0.4 is 5.32 Å². The third-order valence-corrected chi connectivity index (χ3v) is 3.48. The molecule has 2 N–H and O–H groups in total. The zero-order chi connectivity index (χ0) is 16.4. The van der Waals surface area contributed by atoms with Crippen molar-refractivity contribution in [1.82, 2.24) is 15.0 Å². The Labute approximate surface area is 133 Å². The molecule has 3 rings (SSSR count). The summed E-state index contributed by atoms with van der Waals surface area (Å²) < 4.78 is 0. The van der Waals surface area contributed by atoms with Crippen molar-refractivity contribution in [2.75, 3.05) is 5.32 Å². The van der Waals surface area contributed by atoms with Crippen LogP contribution in [0.2, 0.25) is 0 Å². The number of nitrogens with one attached hydrogen (secondary N) is 1. The molecule has 0 aliphatic rings. The Bertz CT molecular complexity index is 877. The van der Waals surface area contributed by atoms with Gasteiger partial charge in [-0.1, -0.05) is 19.9 Å². The van der Waals surface area contributed by atoms with Gasteiger partial charge in [0.25, 0.3) is 0 Å². The average Bonchev–Trinajstić information content (AvgIpc) is 2.55. The van der Waals surface area contributed by atoms with E-state index in [-0.39, 0.29) is 5.56 Å². The summed E-state index contributed by atoms with van der Waals surface area (Å²) >= 11 is 0. The molecule has 0 fully saturated rings. The molecule has 6 heteroatoms. The van der Waals surface area contributed by atoms with Crippen LogP contribution in [0.3, 0.4) is 0 Å². The first kappa shape index (κ1) is 14.9. The van der Waals surface area contributed by atoms with Gasteiger partial charge in [-0.05, 0) is 36.2 Å². The largest absolute Gasteiger partial charge is 0.478 e. The van der Waals surface area contributed by atoms with Gasteiger partial charge in [0.1, 0.15) is 12.1 Å². The monoisotopic (exact) mass is 308 g/mol. The minimum atomic E-state index is -0.968. The molecule has 0 bridgehead atoms. The summed E-state index contributed by atoms with van der Waals surface area (Å²) in [5, 5.41) is 13.0. The molecule has 0 atom stereocenters. The lowest BCUT2D eigenvalue weighted by Crippen LogP contribution is -2.01. The predicted molar refractivity (Wildman–Crippen MR) is 88.1 cm³/mol. The van der Waals surface area contributed by atoms with E-state index in [1.165, 1.54) is 6.33 Å². The van der Waals surface area contributed by atoms with Crippen molar-refractivity contribution in [2.45, 2.75) is 19.8 Å². The smallest absolute Gasteiger partial charge is 0.335 e. The van der Waals surface area contributed by atoms with Crippen molar-refractivity contribution in [1.29, 1.82) is 0 Å². The third kappa shape index (κ3) is 3.11. The Balaban J connectivity index is 2.00. The van der Waals surface area contributed by atoms with Crippen LogP contribution in [0.5, 0.6) is 0 Å². The van der Waals surface area contributed by atoms with E-state index in [0.717, 1.165) is 11.1 Å². The molecule has 0 aliphatic carbocycles. The van der Waals surface area contributed by atoms with E-state index in [9.17, 15) is 4.79 Å². The van der Waals surface area contributed by atoms with Gasteiger partial charge in [-0.3, -0.25) is 0 Å². The fourth-order valence-corrected chi connectivity index (χ4v) is 2.24. The molecule has 0 spiro atoms. The van der Waals surface area contributed by atoms with Crippen LogP contribution in [-0.2, 0) is 0 Å². The summed E-state index contributed by atoms with van der Waals surface area (Å²) in [5.74, 6) is -0.0530. The first-order valence-corrected chi connectivity index (χ1v) is 7.26. The molecule has 116 valence electrons. The number of nitrogens with zero attached hydrogens (tertiary/aromatic N) is 3. The molecule has 1 aromatic carbocycles. The lowest BCUT2D eigenvalue weighted by molar-refractivity contribution is 0.0697. The minimum absolute atomic E-state index is 0.216. The van der Waals surface area contributed by atoms with E-state index in [1.54, 1.807) is 24.3 Å². The number of fused-ring (bicyclic) bond motifs is 1. The summed E-state index contributed by atoms with van der Waals surface area (Å²) in [5.41, 5.74) is 2.45. The fraction of sp³-hybridized carbons (Fsp3) is 0.176. The highest BCUT2D eigenvalue weighted by molar-refractivity contribution is 5.91. The number of rotatable bonds is 4. The maximum atomic E-state index is 11.1. The van der Waals surface area contributed by atoms with E-state index < -0.39 is 5.97 Å². The molecular formula is C17H16N4O2. The van der Waals surface area contributed by atoms with Gasteiger partial charge in [-0.15, -0.1) is 0 Å². The number of hydrogen-bond acceptors (Lipinski definition) is 5. The van der Waals surface area contributed by atoms with Gasteiger partial charge in [0.15, 0.2) is 5.65 Å². The molecule has 0 saturated heterocycles. The molecular weight excluding hydrogens is 292 g/mol. The maximum Gasteiger partial charge on any atom is 0.335 e. The predicted octanol–water partition coefficient (Wildman–Crippen LogP) is 3.59. The molecule has 23 heavy (non-hydrogen) atoms. The molecule has 0 radical (unpaired) electrons. The highest BCUT2D eigenvalue weighted by atomic mass is 16.4. The van der Waals surface area contributed by atoms with Gasteiger partial charge < -0.3 is 10.4 Å². The third-order valence-electron chi connectivity index (χ3n) is 3.48. The number of carboxylic acids is 1. The highest BCUT2D eigenvalue weighted by Gasteiger charge is 2.09. The molecule has 0 saturated carbocycles. The summed E-state index contributed by atoms with van der Waals surface area (Å²) in [6.07, 6.45) is 1.45. The van der Waals surface area contributed by atoms with E-state index in [2.05, 4.69) is 34.1 Å². The lowest BCUT2D eigenvalue weighted by atomic mass is 10.1. The number of aromatic carboxylic acids is 1. The molecule has 6 nitrogen and oxygen atoms in total. The summed E-state index contributed by atoms with van der Waals surface area (Å²) in [7, 11) is 0.